The molecule has 1 aliphatic heterocycles. The molecule has 116 valence electrons. The smallest absolute Gasteiger partial charge is 0.232 e. The lowest BCUT2D eigenvalue weighted by Gasteiger charge is -2.48. The van der Waals surface area contributed by atoms with Gasteiger partial charge in [0, 0.05) is 24.7 Å². The number of likely N-dealkylation sites (tertiary alicyclic amines) is 1. The van der Waals surface area contributed by atoms with Crippen molar-refractivity contribution in [1.29, 1.82) is 0 Å². The van der Waals surface area contributed by atoms with Crippen LogP contribution in [0.2, 0.25) is 0 Å². The number of carbonyl (C=O) groups excluding carboxylic acids is 2. The van der Waals surface area contributed by atoms with Gasteiger partial charge in [-0.3, -0.25) is 9.59 Å². The Morgan fingerprint density at radius 3 is 2.81 bits per heavy atom. The predicted molar refractivity (Wildman–Crippen MR) is 81.4 cm³/mol. The zero-order valence-corrected chi connectivity index (χ0v) is 13.0. The number of nitrogens with one attached hydrogen (secondary N) is 1. The van der Waals surface area contributed by atoms with Gasteiger partial charge in [0.05, 0.1) is 5.41 Å². The Balaban J connectivity index is 1.95. The minimum atomic E-state index is -0.440. The molecule has 3 rings (SSSR count). The van der Waals surface area contributed by atoms with E-state index < -0.39 is 5.41 Å². The number of allylic oxidation sites excluding steroid dienone is 1. The maximum atomic E-state index is 12.7. The van der Waals surface area contributed by atoms with E-state index in [0.717, 1.165) is 37.8 Å². The molecule has 0 aromatic rings. The van der Waals surface area contributed by atoms with Crippen molar-refractivity contribution in [2.45, 2.75) is 70.8 Å². The third-order valence-electron chi connectivity index (χ3n) is 5.39. The topological polar surface area (TPSA) is 49.4 Å². The average molecular weight is 290 g/mol. The van der Waals surface area contributed by atoms with E-state index in [9.17, 15) is 9.59 Å². The SMILES string of the molecule is CCNC(=O)C12CCCC=C1N(C1CCCC1)C(=O)CC2. The van der Waals surface area contributed by atoms with Gasteiger partial charge in [0.2, 0.25) is 11.8 Å². The second kappa shape index (κ2) is 5.82. The van der Waals surface area contributed by atoms with Gasteiger partial charge in [-0.25, -0.2) is 0 Å². The Hall–Kier alpha value is -1.32. The molecule has 1 unspecified atom stereocenters. The fourth-order valence-electron chi connectivity index (χ4n) is 4.36. The molecule has 4 heteroatoms. The monoisotopic (exact) mass is 290 g/mol. The molecule has 4 nitrogen and oxygen atoms in total. The zero-order valence-electron chi connectivity index (χ0n) is 13.0. The third kappa shape index (κ3) is 2.39. The highest BCUT2D eigenvalue weighted by Gasteiger charge is 2.50. The first-order valence-electron chi connectivity index (χ1n) is 8.50. The van der Waals surface area contributed by atoms with Crippen molar-refractivity contribution in [2.75, 3.05) is 6.54 Å². The molecule has 0 aromatic heterocycles. The van der Waals surface area contributed by atoms with Gasteiger partial charge < -0.3 is 10.2 Å². The number of hydrogen-bond acceptors (Lipinski definition) is 2. The maximum Gasteiger partial charge on any atom is 0.232 e. The largest absolute Gasteiger partial charge is 0.356 e. The van der Waals surface area contributed by atoms with Gasteiger partial charge in [0.25, 0.3) is 0 Å². The lowest BCUT2D eigenvalue weighted by molar-refractivity contribution is -0.142. The lowest BCUT2D eigenvalue weighted by Crippen LogP contribution is -2.55. The number of piperidine rings is 1. The van der Waals surface area contributed by atoms with Crippen LogP contribution in [0.1, 0.15) is 64.7 Å². The van der Waals surface area contributed by atoms with Crippen LogP contribution in [0.25, 0.3) is 0 Å². The van der Waals surface area contributed by atoms with Gasteiger partial charge in [0.1, 0.15) is 0 Å². The van der Waals surface area contributed by atoms with Crippen LogP contribution in [0.3, 0.4) is 0 Å². The van der Waals surface area contributed by atoms with Crippen molar-refractivity contribution in [3.05, 3.63) is 11.8 Å². The van der Waals surface area contributed by atoms with Crippen molar-refractivity contribution in [2.24, 2.45) is 5.41 Å². The molecule has 2 amide bonds. The van der Waals surface area contributed by atoms with E-state index in [1.807, 2.05) is 11.8 Å². The van der Waals surface area contributed by atoms with Crippen LogP contribution in [0, 0.1) is 5.41 Å². The normalized spacial score (nSPS) is 30.0. The van der Waals surface area contributed by atoms with Crippen molar-refractivity contribution in [1.82, 2.24) is 10.2 Å². The Bertz CT molecular complexity index is 465. The number of fused-ring (bicyclic) bond motifs is 1. The summed E-state index contributed by atoms with van der Waals surface area (Å²) >= 11 is 0. The van der Waals surface area contributed by atoms with Gasteiger partial charge in [-0.05, 0) is 45.4 Å². The van der Waals surface area contributed by atoms with E-state index in [-0.39, 0.29) is 11.8 Å². The first kappa shape index (κ1) is 14.6. The minimum Gasteiger partial charge on any atom is -0.356 e. The van der Waals surface area contributed by atoms with Crippen LogP contribution < -0.4 is 5.32 Å². The Morgan fingerprint density at radius 2 is 2.10 bits per heavy atom. The van der Waals surface area contributed by atoms with E-state index in [2.05, 4.69) is 11.4 Å². The molecular weight excluding hydrogens is 264 g/mol. The number of amides is 2. The van der Waals surface area contributed by atoms with Crippen LogP contribution >= 0.6 is 0 Å². The number of hydrogen-bond donors (Lipinski definition) is 1. The molecule has 0 radical (unpaired) electrons. The molecule has 0 aromatic carbocycles. The van der Waals surface area contributed by atoms with E-state index in [0.29, 0.717) is 25.4 Å². The van der Waals surface area contributed by atoms with Gasteiger partial charge in [0.15, 0.2) is 0 Å². The Labute approximate surface area is 127 Å². The van der Waals surface area contributed by atoms with Crippen molar-refractivity contribution in [3.63, 3.8) is 0 Å². The quantitative estimate of drug-likeness (QED) is 0.869. The fourth-order valence-corrected chi connectivity index (χ4v) is 4.36. The molecule has 1 N–H and O–H groups in total. The highest BCUT2D eigenvalue weighted by Crippen LogP contribution is 2.48. The van der Waals surface area contributed by atoms with Crippen LogP contribution in [0.15, 0.2) is 11.8 Å². The molecule has 2 aliphatic carbocycles. The van der Waals surface area contributed by atoms with Crippen molar-refractivity contribution in [3.8, 4) is 0 Å². The van der Waals surface area contributed by atoms with Crippen molar-refractivity contribution >= 4 is 11.8 Å². The number of nitrogens with zero attached hydrogens (tertiary/aromatic N) is 1. The molecular formula is C17H26N2O2. The van der Waals surface area contributed by atoms with Gasteiger partial charge in [-0.15, -0.1) is 0 Å². The molecule has 1 saturated carbocycles. The molecule has 21 heavy (non-hydrogen) atoms. The van der Waals surface area contributed by atoms with Crippen LogP contribution in [-0.4, -0.2) is 29.3 Å². The predicted octanol–water partition coefficient (Wildman–Crippen LogP) is 2.74. The zero-order chi connectivity index (χ0) is 14.9. The summed E-state index contributed by atoms with van der Waals surface area (Å²) in [5, 5.41) is 3.01. The van der Waals surface area contributed by atoms with Crippen LogP contribution in [-0.2, 0) is 9.59 Å². The maximum absolute atomic E-state index is 12.7. The summed E-state index contributed by atoms with van der Waals surface area (Å²) in [5.41, 5.74) is 0.591. The summed E-state index contributed by atoms with van der Waals surface area (Å²) in [6, 6.07) is 0.330. The second-order valence-corrected chi connectivity index (χ2v) is 6.63. The highest BCUT2D eigenvalue weighted by atomic mass is 16.2. The van der Waals surface area contributed by atoms with Gasteiger partial charge in [-0.2, -0.15) is 0 Å². The first-order chi connectivity index (χ1) is 10.2. The standard InChI is InChI=1S/C17H26N2O2/c1-2-18-16(21)17-11-6-5-9-14(17)19(15(20)10-12-17)13-7-3-4-8-13/h9,13H,2-8,10-12H2,1H3,(H,18,21). The molecule has 2 fully saturated rings. The second-order valence-electron chi connectivity index (χ2n) is 6.63. The van der Waals surface area contributed by atoms with E-state index in [4.69, 9.17) is 0 Å². The Morgan fingerprint density at radius 1 is 1.33 bits per heavy atom. The van der Waals surface area contributed by atoms with Gasteiger partial charge >= 0.3 is 0 Å². The van der Waals surface area contributed by atoms with E-state index >= 15 is 0 Å². The molecule has 3 aliphatic rings. The van der Waals surface area contributed by atoms with Gasteiger partial charge in [-0.1, -0.05) is 18.9 Å². The molecule has 1 atom stereocenters. The summed E-state index contributed by atoms with van der Waals surface area (Å²) in [6.07, 6.45) is 10.9. The minimum absolute atomic E-state index is 0.131. The molecule has 0 spiro atoms. The van der Waals surface area contributed by atoms with Crippen molar-refractivity contribution < 1.29 is 9.59 Å². The summed E-state index contributed by atoms with van der Waals surface area (Å²) in [4.78, 5) is 27.3. The van der Waals surface area contributed by atoms with Crippen LogP contribution in [0.4, 0.5) is 0 Å². The fraction of sp³-hybridized carbons (Fsp3) is 0.765. The number of rotatable bonds is 3. The Kier molecular flexibility index (Phi) is 4.05. The third-order valence-corrected chi connectivity index (χ3v) is 5.39. The van der Waals surface area contributed by atoms with Crippen LogP contribution in [0.5, 0.6) is 0 Å². The average Bonchev–Trinajstić information content (AvgIpc) is 3.01. The summed E-state index contributed by atoms with van der Waals surface area (Å²) in [7, 11) is 0. The summed E-state index contributed by atoms with van der Waals surface area (Å²) in [6.45, 7) is 2.62. The summed E-state index contributed by atoms with van der Waals surface area (Å²) < 4.78 is 0. The first-order valence-corrected chi connectivity index (χ1v) is 8.50. The van der Waals surface area contributed by atoms with E-state index in [1.54, 1.807) is 0 Å². The lowest BCUT2D eigenvalue weighted by atomic mass is 9.68. The molecule has 1 saturated heterocycles. The molecule has 1 heterocycles. The highest BCUT2D eigenvalue weighted by molar-refractivity contribution is 5.91. The summed E-state index contributed by atoms with van der Waals surface area (Å²) in [5.74, 6) is 0.362. The molecule has 0 bridgehead atoms. The van der Waals surface area contributed by atoms with E-state index in [1.165, 1.54) is 12.8 Å². The number of carbonyl (C=O) groups is 2.